The average Bonchev–Trinajstić information content (AvgIpc) is 2.42. The van der Waals surface area contributed by atoms with Crippen LogP contribution >= 0.6 is 15.9 Å². The number of aryl methyl sites for hydroxylation is 2. The van der Waals surface area contributed by atoms with Crippen LogP contribution in [0.4, 0.5) is 11.4 Å². The molecule has 1 heterocycles. The Labute approximate surface area is 132 Å². The Morgan fingerprint density at radius 2 is 2.05 bits per heavy atom. The lowest BCUT2D eigenvalue weighted by Gasteiger charge is -2.12. The summed E-state index contributed by atoms with van der Waals surface area (Å²) in [6, 6.07) is 6.62. The first kappa shape index (κ1) is 15.8. The van der Waals surface area contributed by atoms with E-state index in [0.29, 0.717) is 22.4 Å². The highest BCUT2D eigenvalue weighted by Gasteiger charge is 2.18. The zero-order valence-electron chi connectivity index (χ0n) is 11.7. The molecular formula is C14H16BrN3O2S. The van der Waals surface area contributed by atoms with E-state index in [4.69, 9.17) is 5.73 Å². The molecule has 0 aliphatic heterocycles. The lowest BCUT2D eigenvalue weighted by molar-refractivity contribution is 0.600. The molecule has 0 saturated heterocycles. The van der Waals surface area contributed by atoms with Crippen LogP contribution < -0.4 is 10.5 Å². The molecule has 2 aromatic rings. The van der Waals surface area contributed by atoms with Gasteiger partial charge in [0.05, 0.1) is 16.8 Å². The third kappa shape index (κ3) is 3.54. The molecule has 2 rings (SSSR count). The lowest BCUT2D eigenvalue weighted by Crippen LogP contribution is -2.15. The predicted octanol–water partition coefficient (Wildman–Crippen LogP) is 3.10. The van der Waals surface area contributed by atoms with Crippen molar-refractivity contribution >= 4 is 37.3 Å². The molecule has 0 aliphatic rings. The number of rotatable bonds is 4. The number of benzene rings is 1. The van der Waals surface area contributed by atoms with Gasteiger partial charge in [-0.3, -0.25) is 4.72 Å². The maximum Gasteiger partial charge on any atom is 0.262 e. The highest BCUT2D eigenvalue weighted by atomic mass is 79.9. The summed E-state index contributed by atoms with van der Waals surface area (Å²) in [5.74, 6) is 0. The molecule has 5 nitrogen and oxygen atoms in total. The van der Waals surface area contributed by atoms with Crippen LogP contribution in [0.15, 0.2) is 40.0 Å². The standard InChI is InChI=1S/C14H16BrN3O2S/c1-3-10-4-5-11(16)7-13(10)21(19,20)18-12-6-9(2)14(15)17-8-12/h4-8,18H,3,16H2,1-2H3. The van der Waals surface area contributed by atoms with Gasteiger partial charge in [-0.05, 0) is 58.6 Å². The van der Waals surface area contributed by atoms with Crippen molar-refractivity contribution < 1.29 is 8.42 Å². The summed E-state index contributed by atoms with van der Waals surface area (Å²) in [7, 11) is -3.69. The van der Waals surface area contributed by atoms with Gasteiger partial charge in [0.1, 0.15) is 4.60 Å². The lowest BCUT2D eigenvalue weighted by atomic mass is 10.1. The van der Waals surface area contributed by atoms with Crippen LogP contribution in [0.5, 0.6) is 0 Å². The maximum atomic E-state index is 12.5. The van der Waals surface area contributed by atoms with Crippen LogP contribution in [-0.2, 0) is 16.4 Å². The topological polar surface area (TPSA) is 85.1 Å². The van der Waals surface area contributed by atoms with E-state index in [1.165, 1.54) is 12.3 Å². The molecule has 0 spiro atoms. The Morgan fingerprint density at radius 3 is 2.67 bits per heavy atom. The maximum absolute atomic E-state index is 12.5. The molecular weight excluding hydrogens is 354 g/mol. The molecule has 0 bridgehead atoms. The molecule has 7 heteroatoms. The summed E-state index contributed by atoms with van der Waals surface area (Å²) >= 11 is 3.28. The fraction of sp³-hybridized carbons (Fsp3) is 0.214. The highest BCUT2D eigenvalue weighted by Crippen LogP contribution is 2.24. The molecule has 0 radical (unpaired) electrons. The van der Waals surface area contributed by atoms with E-state index in [1.807, 2.05) is 13.8 Å². The Bertz CT molecular complexity index is 776. The van der Waals surface area contributed by atoms with Crippen molar-refractivity contribution in [2.75, 3.05) is 10.5 Å². The Balaban J connectivity index is 2.42. The highest BCUT2D eigenvalue weighted by molar-refractivity contribution is 9.10. The molecule has 112 valence electrons. The first-order valence-electron chi connectivity index (χ1n) is 6.37. The molecule has 1 aromatic heterocycles. The number of nitrogens with zero attached hydrogens (tertiary/aromatic N) is 1. The number of nitrogen functional groups attached to an aromatic ring is 1. The number of pyridine rings is 1. The predicted molar refractivity (Wildman–Crippen MR) is 87.7 cm³/mol. The monoisotopic (exact) mass is 369 g/mol. The Hall–Kier alpha value is -1.60. The second-order valence-electron chi connectivity index (χ2n) is 4.66. The molecule has 0 fully saturated rings. The van der Waals surface area contributed by atoms with Crippen molar-refractivity contribution in [1.82, 2.24) is 4.98 Å². The van der Waals surface area contributed by atoms with Crippen LogP contribution in [-0.4, -0.2) is 13.4 Å². The zero-order chi connectivity index (χ0) is 15.6. The molecule has 0 aliphatic carbocycles. The number of nitrogens with one attached hydrogen (secondary N) is 1. The van der Waals surface area contributed by atoms with Gasteiger partial charge in [-0.25, -0.2) is 13.4 Å². The number of aromatic nitrogens is 1. The van der Waals surface area contributed by atoms with E-state index in [1.54, 1.807) is 18.2 Å². The molecule has 0 amide bonds. The Kier molecular flexibility index (Phi) is 4.53. The van der Waals surface area contributed by atoms with Crippen molar-refractivity contribution in [2.45, 2.75) is 25.2 Å². The van der Waals surface area contributed by atoms with Crippen LogP contribution in [0.25, 0.3) is 0 Å². The van der Waals surface area contributed by atoms with Crippen molar-refractivity contribution in [1.29, 1.82) is 0 Å². The number of sulfonamides is 1. The largest absolute Gasteiger partial charge is 0.399 e. The van der Waals surface area contributed by atoms with Crippen LogP contribution in [0.3, 0.4) is 0 Å². The molecule has 21 heavy (non-hydrogen) atoms. The van der Waals surface area contributed by atoms with Crippen LogP contribution in [0.2, 0.25) is 0 Å². The molecule has 0 unspecified atom stereocenters. The third-order valence-electron chi connectivity index (χ3n) is 3.03. The summed E-state index contributed by atoms with van der Waals surface area (Å²) in [5.41, 5.74) is 8.10. The first-order valence-corrected chi connectivity index (χ1v) is 8.64. The quantitative estimate of drug-likeness (QED) is 0.640. The van der Waals surface area contributed by atoms with E-state index in [0.717, 1.165) is 11.1 Å². The smallest absolute Gasteiger partial charge is 0.262 e. The van der Waals surface area contributed by atoms with E-state index < -0.39 is 10.0 Å². The molecule has 3 N–H and O–H groups in total. The fourth-order valence-electron chi connectivity index (χ4n) is 1.94. The van der Waals surface area contributed by atoms with Gasteiger partial charge in [-0.1, -0.05) is 13.0 Å². The van der Waals surface area contributed by atoms with Gasteiger partial charge in [0, 0.05) is 5.69 Å². The Morgan fingerprint density at radius 1 is 1.33 bits per heavy atom. The van der Waals surface area contributed by atoms with Gasteiger partial charge >= 0.3 is 0 Å². The van der Waals surface area contributed by atoms with E-state index in [-0.39, 0.29) is 4.90 Å². The number of hydrogen-bond acceptors (Lipinski definition) is 4. The van der Waals surface area contributed by atoms with Crippen molar-refractivity contribution in [3.63, 3.8) is 0 Å². The molecule has 1 aromatic carbocycles. The third-order valence-corrected chi connectivity index (χ3v) is 5.32. The average molecular weight is 370 g/mol. The van der Waals surface area contributed by atoms with E-state index in [9.17, 15) is 8.42 Å². The first-order chi connectivity index (χ1) is 9.83. The van der Waals surface area contributed by atoms with Crippen LogP contribution in [0, 0.1) is 6.92 Å². The summed E-state index contributed by atoms with van der Waals surface area (Å²) in [4.78, 5) is 4.28. The van der Waals surface area contributed by atoms with Gasteiger partial charge < -0.3 is 5.73 Å². The fourth-order valence-corrected chi connectivity index (χ4v) is 3.53. The minimum atomic E-state index is -3.69. The minimum absolute atomic E-state index is 0.200. The van der Waals surface area contributed by atoms with Crippen molar-refractivity contribution in [3.05, 3.63) is 46.2 Å². The molecule has 0 atom stereocenters. The molecule has 0 saturated carbocycles. The van der Waals surface area contributed by atoms with Gasteiger partial charge in [-0.2, -0.15) is 0 Å². The minimum Gasteiger partial charge on any atom is -0.399 e. The summed E-state index contributed by atoms with van der Waals surface area (Å²) in [5, 5.41) is 0. The second-order valence-corrected chi connectivity index (χ2v) is 7.06. The number of hydrogen-bond donors (Lipinski definition) is 2. The second kappa shape index (κ2) is 6.03. The van der Waals surface area contributed by atoms with Crippen LogP contribution in [0.1, 0.15) is 18.1 Å². The van der Waals surface area contributed by atoms with E-state index in [2.05, 4.69) is 25.6 Å². The number of halogens is 1. The summed E-state index contributed by atoms with van der Waals surface area (Å²) in [6.45, 7) is 3.74. The number of nitrogens with two attached hydrogens (primary N) is 1. The van der Waals surface area contributed by atoms with Gasteiger partial charge in [0.15, 0.2) is 0 Å². The summed E-state index contributed by atoms with van der Waals surface area (Å²) < 4.78 is 28.3. The van der Waals surface area contributed by atoms with E-state index >= 15 is 0 Å². The zero-order valence-corrected chi connectivity index (χ0v) is 14.1. The summed E-state index contributed by atoms with van der Waals surface area (Å²) in [6.07, 6.45) is 2.07. The van der Waals surface area contributed by atoms with Crippen molar-refractivity contribution in [3.8, 4) is 0 Å². The SMILES string of the molecule is CCc1ccc(N)cc1S(=O)(=O)Nc1cnc(Br)c(C)c1. The van der Waals surface area contributed by atoms with Gasteiger partial charge in [0.25, 0.3) is 10.0 Å². The van der Waals surface area contributed by atoms with Gasteiger partial charge in [0.2, 0.25) is 0 Å². The van der Waals surface area contributed by atoms with Crippen molar-refractivity contribution in [2.24, 2.45) is 0 Å². The normalized spacial score (nSPS) is 11.4. The number of anilines is 2. The van der Waals surface area contributed by atoms with Gasteiger partial charge in [-0.15, -0.1) is 0 Å².